The van der Waals surface area contributed by atoms with Crippen molar-refractivity contribution in [1.29, 1.82) is 0 Å². The molecule has 132 valence electrons. The molecule has 2 aromatic rings. The number of benzene rings is 2. The van der Waals surface area contributed by atoms with Crippen molar-refractivity contribution >= 4 is 22.8 Å². The van der Waals surface area contributed by atoms with E-state index in [4.69, 9.17) is 9.98 Å². The fourth-order valence-electron chi connectivity index (χ4n) is 3.41. The fraction of sp³-hybridized carbons (Fsp3) is 0.364. The number of hydrogen-bond donors (Lipinski definition) is 0. The van der Waals surface area contributed by atoms with Crippen LogP contribution in [0.5, 0.6) is 0 Å². The Balaban J connectivity index is 0.00000225. The van der Waals surface area contributed by atoms with Gasteiger partial charge in [0, 0.05) is 5.92 Å². The molecule has 1 unspecified atom stereocenters. The first kappa shape index (κ1) is 19.6. The molecule has 1 aliphatic rings. The Kier molecular flexibility index (Phi) is 6.35. The second-order valence-corrected chi connectivity index (χ2v) is 6.98. The summed E-state index contributed by atoms with van der Waals surface area (Å²) in [7, 11) is 0. The Morgan fingerprint density at radius 2 is 1.20 bits per heavy atom. The Labute approximate surface area is 161 Å². The van der Waals surface area contributed by atoms with Crippen molar-refractivity contribution in [2.75, 3.05) is 0 Å². The summed E-state index contributed by atoms with van der Waals surface area (Å²) >= 11 is 0. The van der Waals surface area contributed by atoms with Crippen molar-refractivity contribution in [2.24, 2.45) is 15.9 Å². The Morgan fingerprint density at radius 1 is 0.760 bits per heavy atom. The molecule has 2 nitrogen and oxygen atoms in total. The van der Waals surface area contributed by atoms with E-state index in [1.54, 1.807) is 0 Å². The van der Waals surface area contributed by atoms with Gasteiger partial charge in [0.1, 0.15) is 0 Å². The van der Waals surface area contributed by atoms with Gasteiger partial charge in [-0.15, -0.1) is 0 Å². The van der Waals surface area contributed by atoms with Gasteiger partial charge in [0.15, 0.2) is 0 Å². The molecule has 0 saturated heterocycles. The van der Waals surface area contributed by atoms with Gasteiger partial charge in [-0.1, -0.05) is 43.3 Å². The second kappa shape index (κ2) is 8.10. The molecular formula is C22H26N2Ni+2. The predicted octanol–water partition coefficient (Wildman–Crippen LogP) is 6.19. The van der Waals surface area contributed by atoms with Gasteiger partial charge in [0.05, 0.1) is 22.8 Å². The molecule has 2 aromatic carbocycles. The Morgan fingerprint density at radius 3 is 1.68 bits per heavy atom. The summed E-state index contributed by atoms with van der Waals surface area (Å²) in [6.45, 7) is 10.8. The first-order chi connectivity index (χ1) is 11.5. The third-order valence-corrected chi connectivity index (χ3v) is 4.93. The molecule has 0 heterocycles. The summed E-state index contributed by atoms with van der Waals surface area (Å²) < 4.78 is 0. The molecular weight excluding hydrogens is 351 g/mol. The maximum absolute atomic E-state index is 5.06. The molecule has 1 saturated carbocycles. The van der Waals surface area contributed by atoms with Crippen molar-refractivity contribution in [3.63, 3.8) is 0 Å². The largest absolute Gasteiger partial charge is 2.00 e. The summed E-state index contributed by atoms with van der Waals surface area (Å²) in [6, 6.07) is 12.7. The van der Waals surface area contributed by atoms with E-state index in [2.05, 4.69) is 71.0 Å². The van der Waals surface area contributed by atoms with Crippen LogP contribution >= 0.6 is 0 Å². The monoisotopic (exact) mass is 376 g/mol. The van der Waals surface area contributed by atoms with Crippen LogP contribution in [0.4, 0.5) is 11.4 Å². The minimum Gasteiger partial charge on any atom is -0.251 e. The van der Waals surface area contributed by atoms with Crippen LogP contribution in [0.3, 0.4) is 0 Å². The molecule has 1 fully saturated rings. The van der Waals surface area contributed by atoms with Crippen LogP contribution in [0, 0.1) is 33.6 Å². The molecule has 0 amide bonds. The molecule has 0 bridgehead atoms. The van der Waals surface area contributed by atoms with E-state index >= 15 is 0 Å². The molecule has 0 aromatic heterocycles. The molecule has 0 aliphatic heterocycles. The van der Waals surface area contributed by atoms with Gasteiger partial charge < -0.3 is 0 Å². The minimum atomic E-state index is 0. The van der Waals surface area contributed by atoms with Crippen molar-refractivity contribution in [3.8, 4) is 0 Å². The number of para-hydroxylation sites is 2. The third kappa shape index (κ3) is 4.10. The molecule has 25 heavy (non-hydrogen) atoms. The third-order valence-electron chi connectivity index (χ3n) is 4.93. The Bertz CT molecular complexity index is 793. The fourth-order valence-corrected chi connectivity index (χ4v) is 3.41. The van der Waals surface area contributed by atoms with Crippen molar-refractivity contribution in [1.82, 2.24) is 0 Å². The van der Waals surface area contributed by atoms with Crippen LogP contribution in [0.25, 0.3) is 0 Å². The van der Waals surface area contributed by atoms with Gasteiger partial charge in [0.25, 0.3) is 0 Å². The summed E-state index contributed by atoms with van der Waals surface area (Å²) in [5.41, 5.74) is 9.45. The summed E-state index contributed by atoms with van der Waals surface area (Å²) in [6.07, 6.45) is 2.15. The number of hydrogen-bond acceptors (Lipinski definition) is 2. The first-order valence-electron chi connectivity index (χ1n) is 8.76. The van der Waals surface area contributed by atoms with E-state index < -0.39 is 0 Å². The van der Waals surface area contributed by atoms with Gasteiger partial charge in [-0.3, -0.25) is 9.98 Å². The summed E-state index contributed by atoms with van der Waals surface area (Å²) in [5.74, 6) is 0.465. The average molecular weight is 377 g/mol. The minimum absolute atomic E-state index is 0. The number of aliphatic imine (C=N–C) groups is 2. The topological polar surface area (TPSA) is 24.7 Å². The summed E-state index contributed by atoms with van der Waals surface area (Å²) in [4.78, 5) is 10.1. The maximum Gasteiger partial charge on any atom is 2.00 e. The van der Waals surface area contributed by atoms with Crippen LogP contribution in [0.2, 0.25) is 0 Å². The molecule has 0 spiro atoms. The van der Waals surface area contributed by atoms with Crippen LogP contribution in [0.15, 0.2) is 46.4 Å². The quantitative estimate of drug-likeness (QED) is 0.558. The van der Waals surface area contributed by atoms with E-state index in [1.807, 2.05) is 0 Å². The number of aryl methyl sites for hydroxylation is 4. The van der Waals surface area contributed by atoms with Crippen molar-refractivity contribution in [2.45, 2.75) is 47.5 Å². The average Bonchev–Trinajstić information content (AvgIpc) is 2.87. The molecule has 1 aliphatic carbocycles. The van der Waals surface area contributed by atoms with E-state index in [9.17, 15) is 0 Å². The van der Waals surface area contributed by atoms with Gasteiger partial charge in [-0.2, -0.15) is 0 Å². The summed E-state index contributed by atoms with van der Waals surface area (Å²) in [5, 5.41) is 0. The number of nitrogens with zero attached hydrogens (tertiary/aromatic N) is 2. The van der Waals surface area contributed by atoms with Crippen LogP contribution < -0.4 is 0 Å². The zero-order valence-electron chi connectivity index (χ0n) is 15.7. The molecule has 0 radical (unpaired) electrons. The number of rotatable bonds is 2. The molecule has 3 heteroatoms. The van der Waals surface area contributed by atoms with Gasteiger partial charge >= 0.3 is 16.5 Å². The van der Waals surface area contributed by atoms with E-state index in [0.717, 1.165) is 35.6 Å². The zero-order chi connectivity index (χ0) is 17.3. The Hall–Kier alpha value is -1.73. The van der Waals surface area contributed by atoms with Crippen molar-refractivity contribution < 1.29 is 16.5 Å². The first-order valence-corrected chi connectivity index (χ1v) is 8.76. The predicted molar refractivity (Wildman–Crippen MR) is 104 cm³/mol. The molecule has 0 N–H and O–H groups in total. The van der Waals surface area contributed by atoms with Gasteiger partial charge in [-0.05, 0) is 62.8 Å². The van der Waals surface area contributed by atoms with Crippen molar-refractivity contribution in [3.05, 3.63) is 58.7 Å². The standard InChI is InChI=1S/C22H26N2.Ni/c1-14-8-6-9-15(2)20(14)23-19-13-12-18(5)22(19)24-21-16(3)10-7-11-17(21)4;/h6-11,18H,12-13H2,1-5H3;/q;+2. The molecule has 3 rings (SSSR count). The van der Waals surface area contributed by atoms with E-state index in [0.29, 0.717) is 5.92 Å². The normalized spacial score (nSPS) is 20.1. The second-order valence-electron chi connectivity index (χ2n) is 6.98. The SMILES string of the molecule is Cc1cccc(C)c1N=C1CCC(C)C1=Nc1c(C)cccc1C.[Ni+2]. The van der Waals surface area contributed by atoms with E-state index in [1.165, 1.54) is 22.3 Å². The van der Waals surface area contributed by atoms with Crippen LogP contribution in [-0.2, 0) is 16.5 Å². The maximum atomic E-state index is 5.06. The van der Waals surface area contributed by atoms with Gasteiger partial charge in [0.2, 0.25) is 0 Å². The van der Waals surface area contributed by atoms with Gasteiger partial charge in [-0.25, -0.2) is 0 Å². The molecule has 1 atom stereocenters. The van der Waals surface area contributed by atoms with Crippen LogP contribution in [-0.4, -0.2) is 11.4 Å². The zero-order valence-corrected chi connectivity index (χ0v) is 16.7. The smallest absolute Gasteiger partial charge is 0.251 e. The van der Waals surface area contributed by atoms with E-state index in [-0.39, 0.29) is 16.5 Å². The van der Waals surface area contributed by atoms with Crippen LogP contribution in [0.1, 0.15) is 42.0 Å².